The molecular weight excluding hydrogens is 366 g/mol. The Morgan fingerprint density at radius 2 is 1.34 bits per heavy atom. The van der Waals surface area contributed by atoms with Gasteiger partial charge in [-0.05, 0) is 35.6 Å². The van der Waals surface area contributed by atoms with E-state index < -0.39 is 8.24 Å². The predicted octanol–water partition coefficient (Wildman–Crippen LogP) is 5.58. The summed E-state index contributed by atoms with van der Waals surface area (Å²) >= 11 is 0. The third-order valence-electron chi connectivity index (χ3n) is 6.78. The lowest BCUT2D eigenvalue weighted by molar-refractivity contribution is 0.409. The second-order valence-electron chi connectivity index (χ2n) is 9.32. The minimum absolute atomic E-state index is 0.0569. The van der Waals surface area contributed by atoms with Crippen LogP contribution in [0.3, 0.4) is 0 Å². The number of nitrogens with one attached hydrogen (secondary N) is 1. The second kappa shape index (κ2) is 8.85. The Kier molecular flexibility index (Phi) is 6.22. The molecule has 1 nitrogen and oxygen atoms in total. The van der Waals surface area contributed by atoms with Crippen LogP contribution in [0.4, 0.5) is 0 Å². The normalized spacial score (nSPS) is 19.1. The van der Waals surface area contributed by atoms with Gasteiger partial charge < -0.3 is 4.98 Å². The molecule has 0 bridgehead atoms. The summed E-state index contributed by atoms with van der Waals surface area (Å²) in [5.74, 6) is 0.634. The monoisotopic (exact) mass is 401 g/mol. The number of rotatable bonds is 7. The van der Waals surface area contributed by atoms with Crippen LogP contribution in [0.2, 0.25) is 5.04 Å². The van der Waals surface area contributed by atoms with Gasteiger partial charge in [-0.2, -0.15) is 0 Å². The molecule has 0 saturated heterocycles. The first-order valence-electron chi connectivity index (χ1n) is 11.4. The summed E-state index contributed by atoms with van der Waals surface area (Å²) in [4.78, 5) is 4.43. The van der Waals surface area contributed by atoms with Crippen molar-refractivity contribution in [3.8, 4) is 0 Å². The zero-order valence-electron chi connectivity index (χ0n) is 18.0. The molecule has 2 aliphatic rings. The van der Waals surface area contributed by atoms with Gasteiger partial charge >= 0.3 is 0 Å². The van der Waals surface area contributed by atoms with Crippen molar-refractivity contribution < 1.29 is 0 Å². The molecule has 2 heteroatoms. The van der Waals surface area contributed by atoms with Crippen molar-refractivity contribution in [3.05, 3.63) is 85.0 Å². The Balaban J connectivity index is 1.95. The van der Waals surface area contributed by atoms with Gasteiger partial charge in [0.2, 0.25) is 8.24 Å². The highest BCUT2D eigenvalue weighted by Gasteiger charge is 2.55. The fourth-order valence-electron chi connectivity index (χ4n) is 5.66. The quantitative estimate of drug-likeness (QED) is 0.597. The molecule has 29 heavy (non-hydrogen) atoms. The molecule has 152 valence electrons. The van der Waals surface area contributed by atoms with Crippen molar-refractivity contribution in [2.75, 3.05) is 0 Å². The maximum atomic E-state index is 4.43. The SMILES string of the molecule is CC(C)CC1([Si](NC2CCCCC2)(c2ccccc2)c2ccccc2)C=CC=C1. The Hall–Kier alpha value is -1.90. The Morgan fingerprint density at radius 1 is 0.828 bits per heavy atom. The summed E-state index contributed by atoms with van der Waals surface area (Å²) < 4.78 is 0. The van der Waals surface area contributed by atoms with Crippen LogP contribution in [-0.4, -0.2) is 14.3 Å². The minimum Gasteiger partial charge on any atom is -0.327 e. The van der Waals surface area contributed by atoms with Gasteiger partial charge in [-0.1, -0.05) is 118 Å². The second-order valence-corrected chi connectivity index (χ2v) is 13.2. The largest absolute Gasteiger partial charge is 0.327 e. The topological polar surface area (TPSA) is 12.0 Å². The van der Waals surface area contributed by atoms with E-state index in [1.54, 1.807) is 0 Å². The summed E-state index contributed by atoms with van der Waals surface area (Å²) in [5.41, 5.74) is 0. The van der Waals surface area contributed by atoms with Gasteiger partial charge in [0.05, 0.1) is 0 Å². The van der Waals surface area contributed by atoms with Crippen LogP contribution in [0.15, 0.2) is 85.0 Å². The van der Waals surface area contributed by atoms with Gasteiger partial charge in [0.15, 0.2) is 0 Å². The molecule has 0 aromatic heterocycles. The molecule has 0 aliphatic heterocycles. The Bertz CT molecular complexity index is 780. The van der Waals surface area contributed by atoms with E-state index >= 15 is 0 Å². The summed E-state index contributed by atoms with van der Waals surface area (Å²) in [6.07, 6.45) is 17.5. The van der Waals surface area contributed by atoms with E-state index in [-0.39, 0.29) is 5.04 Å². The number of benzene rings is 2. The fourth-order valence-corrected chi connectivity index (χ4v) is 11.4. The lowest BCUT2D eigenvalue weighted by atomic mass is 9.96. The van der Waals surface area contributed by atoms with Gasteiger partial charge in [-0.25, -0.2) is 0 Å². The molecule has 0 unspecified atom stereocenters. The highest BCUT2D eigenvalue weighted by atomic mass is 28.3. The molecule has 1 fully saturated rings. The zero-order chi connectivity index (χ0) is 20.2. The maximum Gasteiger partial charge on any atom is 0.204 e. The van der Waals surface area contributed by atoms with E-state index in [0.29, 0.717) is 12.0 Å². The van der Waals surface area contributed by atoms with E-state index in [1.807, 2.05) is 0 Å². The van der Waals surface area contributed by atoms with Gasteiger partial charge in [-0.3, -0.25) is 0 Å². The van der Waals surface area contributed by atoms with E-state index in [2.05, 4.69) is 104 Å². The van der Waals surface area contributed by atoms with Crippen molar-refractivity contribution in [3.63, 3.8) is 0 Å². The lowest BCUT2D eigenvalue weighted by Crippen LogP contribution is -2.76. The van der Waals surface area contributed by atoms with Gasteiger partial charge in [0.25, 0.3) is 0 Å². The first kappa shape index (κ1) is 20.4. The van der Waals surface area contributed by atoms with E-state index in [1.165, 1.54) is 48.9 Å². The molecule has 4 rings (SSSR count). The minimum atomic E-state index is -2.34. The number of hydrogen-bond donors (Lipinski definition) is 1. The molecule has 1 saturated carbocycles. The van der Waals surface area contributed by atoms with Crippen molar-refractivity contribution in [1.29, 1.82) is 0 Å². The molecule has 0 amide bonds. The molecule has 2 aliphatic carbocycles. The highest BCUT2D eigenvalue weighted by Crippen LogP contribution is 2.48. The van der Waals surface area contributed by atoms with Crippen LogP contribution >= 0.6 is 0 Å². The molecule has 2 aromatic rings. The smallest absolute Gasteiger partial charge is 0.204 e. The van der Waals surface area contributed by atoms with Crippen LogP contribution in [0.5, 0.6) is 0 Å². The van der Waals surface area contributed by atoms with Crippen LogP contribution in [-0.2, 0) is 0 Å². The van der Waals surface area contributed by atoms with E-state index in [9.17, 15) is 0 Å². The van der Waals surface area contributed by atoms with Crippen LogP contribution in [0.1, 0.15) is 52.4 Å². The van der Waals surface area contributed by atoms with E-state index in [4.69, 9.17) is 0 Å². The first-order chi connectivity index (χ1) is 14.2. The Morgan fingerprint density at radius 3 is 1.83 bits per heavy atom. The number of allylic oxidation sites excluding steroid dienone is 4. The summed E-state index contributed by atoms with van der Waals surface area (Å²) in [5, 5.41) is 3.07. The molecule has 2 aromatic carbocycles. The van der Waals surface area contributed by atoms with Gasteiger partial charge in [0.1, 0.15) is 0 Å². The van der Waals surface area contributed by atoms with Crippen LogP contribution in [0, 0.1) is 5.92 Å². The van der Waals surface area contributed by atoms with Gasteiger partial charge in [-0.15, -0.1) is 0 Å². The van der Waals surface area contributed by atoms with Crippen molar-refractivity contribution in [2.45, 2.75) is 63.5 Å². The Labute approximate surface area is 178 Å². The molecule has 0 atom stereocenters. The average molecular weight is 402 g/mol. The standard InChI is InChI=1S/C27H35NSi/c1-23(2)22-27(20-12-13-21-27)29(25-16-8-4-9-17-25,26-18-10-5-11-19-26)28-24-14-6-3-7-15-24/h4-5,8-13,16-21,23-24,28H,3,6-7,14-15,22H2,1-2H3. The molecule has 0 heterocycles. The third kappa shape index (κ3) is 3.93. The molecular formula is C27H35NSi. The summed E-state index contributed by atoms with van der Waals surface area (Å²) in [6.45, 7) is 4.75. The highest BCUT2D eigenvalue weighted by molar-refractivity contribution is 7.03. The molecule has 1 N–H and O–H groups in total. The third-order valence-corrected chi connectivity index (χ3v) is 12.0. The molecule has 0 spiro atoms. The molecule has 0 radical (unpaired) electrons. The van der Waals surface area contributed by atoms with E-state index in [0.717, 1.165) is 0 Å². The van der Waals surface area contributed by atoms with Gasteiger partial charge in [0, 0.05) is 11.1 Å². The summed E-state index contributed by atoms with van der Waals surface area (Å²) in [6, 6.07) is 23.4. The van der Waals surface area contributed by atoms with Crippen LogP contribution < -0.4 is 15.4 Å². The lowest BCUT2D eigenvalue weighted by Gasteiger charge is -2.49. The number of hydrogen-bond acceptors (Lipinski definition) is 1. The fraction of sp³-hybridized carbons (Fsp3) is 0.407. The summed E-state index contributed by atoms with van der Waals surface area (Å²) in [7, 11) is -2.34. The van der Waals surface area contributed by atoms with Crippen molar-refractivity contribution in [1.82, 2.24) is 4.98 Å². The maximum absolute atomic E-state index is 4.43. The van der Waals surface area contributed by atoms with Crippen LogP contribution in [0.25, 0.3) is 0 Å². The average Bonchev–Trinajstić information content (AvgIpc) is 3.23. The van der Waals surface area contributed by atoms with Crippen molar-refractivity contribution >= 4 is 18.6 Å². The van der Waals surface area contributed by atoms with Crippen molar-refractivity contribution in [2.24, 2.45) is 5.92 Å². The zero-order valence-corrected chi connectivity index (χ0v) is 19.0. The first-order valence-corrected chi connectivity index (χ1v) is 13.4. The predicted molar refractivity (Wildman–Crippen MR) is 128 cm³/mol.